The summed E-state index contributed by atoms with van der Waals surface area (Å²) in [5.41, 5.74) is 0.200. The molecule has 2 heterocycles. The van der Waals surface area contributed by atoms with Gasteiger partial charge >= 0.3 is 6.36 Å². The van der Waals surface area contributed by atoms with Gasteiger partial charge in [-0.1, -0.05) is 32.1 Å². The van der Waals surface area contributed by atoms with Gasteiger partial charge in [-0.2, -0.15) is 0 Å². The fourth-order valence-corrected chi connectivity index (χ4v) is 4.85. The van der Waals surface area contributed by atoms with Crippen LogP contribution in [0.4, 0.5) is 13.2 Å². The number of amides is 2. The van der Waals surface area contributed by atoms with Crippen molar-refractivity contribution >= 4 is 11.8 Å². The van der Waals surface area contributed by atoms with Gasteiger partial charge in [0.1, 0.15) is 17.8 Å². The van der Waals surface area contributed by atoms with Crippen molar-refractivity contribution in [2.75, 3.05) is 32.8 Å². The van der Waals surface area contributed by atoms with E-state index < -0.39 is 12.3 Å². The topological polar surface area (TPSA) is 97.1 Å². The van der Waals surface area contributed by atoms with Gasteiger partial charge in [0.05, 0.1) is 6.54 Å². The Morgan fingerprint density at radius 3 is 2.26 bits per heavy atom. The van der Waals surface area contributed by atoms with Crippen molar-refractivity contribution in [1.29, 1.82) is 0 Å². The highest BCUT2D eigenvalue weighted by molar-refractivity contribution is 5.92. The molecule has 2 aliphatic rings. The molecule has 1 aliphatic heterocycles. The first-order chi connectivity index (χ1) is 18.3. The second kappa shape index (κ2) is 13.0. The Morgan fingerprint density at radius 2 is 1.61 bits per heavy atom. The summed E-state index contributed by atoms with van der Waals surface area (Å²) < 4.78 is 51.1. The number of piperazine rings is 1. The van der Waals surface area contributed by atoms with E-state index in [1.54, 1.807) is 4.90 Å². The first-order valence-electron chi connectivity index (χ1n) is 13.0. The van der Waals surface area contributed by atoms with E-state index in [-0.39, 0.29) is 42.1 Å². The van der Waals surface area contributed by atoms with Crippen LogP contribution in [0.2, 0.25) is 0 Å². The average molecular weight is 539 g/mol. The van der Waals surface area contributed by atoms with Crippen LogP contribution in [-0.4, -0.2) is 71.8 Å². The van der Waals surface area contributed by atoms with Gasteiger partial charge in [-0.05, 0) is 37.1 Å². The number of oxazole rings is 1. The number of rotatable bonds is 8. The zero-order valence-electron chi connectivity index (χ0n) is 21.2. The zero-order chi connectivity index (χ0) is 27.0. The van der Waals surface area contributed by atoms with Crippen LogP contribution in [0.3, 0.4) is 0 Å². The molecule has 0 unspecified atom stereocenters. The molecule has 4 rings (SSSR count). The van der Waals surface area contributed by atoms with Crippen LogP contribution in [0.5, 0.6) is 11.5 Å². The quantitative estimate of drug-likeness (QED) is 0.540. The number of benzene rings is 1. The van der Waals surface area contributed by atoms with E-state index in [1.807, 2.05) is 0 Å². The number of nitrogens with zero attached hydrogens (tertiary/aromatic N) is 3. The number of hydrogen-bond donors (Lipinski definition) is 1. The zero-order valence-corrected chi connectivity index (χ0v) is 21.2. The molecule has 38 heavy (non-hydrogen) atoms. The lowest BCUT2D eigenvalue weighted by molar-refractivity contribution is -0.274. The Labute approximate surface area is 219 Å². The minimum absolute atomic E-state index is 0.0384. The normalized spacial score (nSPS) is 17.9. The van der Waals surface area contributed by atoms with Gasteiger partial charge in [0.15, 0.2) is 12.3 Å². The van der Waals surface area contributed by atoms with Gasteiger partial charge in [-0.3, -0.25) is 14.5 Å². The molecule has 1 saturated heterocycles. The summed E-state index contributed by atoms with van der Waals surface area (Å²) >= 11 is 0. The van der Waals surface area contributed by atoms with Crippen LogP contribution in [0.1, 0.15) is 61.3 Å². The molecule has 0 spiro atoms. The van der Waals surface area contributed by atoms with E-state index in [2.05, 4.69) is 19.9 Å². The number of hydrogen-bond acceptors (Lipinski definition) is 7. The Balaban J connectivity index is 1.17. The number of aromatic nitrogens is 1. The van der Waals surface area contributed by atoms with E-state index in [1.165, 1.54) is 63.3 Å². The molecule has 1 saturated carbocycles. The third-order valence-electron chi connectivity index (χ3n) is 6.83. The molecule has 2 fully saturated rings. The highest BCUT2D eigenvalue weighted by Crippen LogP contribution is 2.25. The minimum atomic E-state index is -4.78. The SMILES string of the molecule is O=C(COc1ccc(OC(F)(F)F)cc1)NCc1nc(C(=O)N2CCN(C3CCCCCCC3)CC2)co1. The molecular weight excluding hydrogens is 505 g/mol. The first-order valence-corrected chi connectivity index (χ1v) is 13.0. The molecule has 208 valence electrons. The van der Waals surface area contributed by atoms with Gasteiger partial charge in [-0.25, -0.2) is 4.98 Å². The van der Waals surface area contributed by atoms with E-state index >= 15 is 0 Å². The second-order valence-electron chi connectivity index (χ2n) is 9.54. The average Bonchev–Trinajstić information content (AvgIpc) is 3.35. The Hall–Kier alpha value is -3.28. The lowest BCUT2D eigenvalue weighted by Gasteiger charge is -2.39. The van der Waals surface area contributed by atoms with Crippen molar-refractivity contribution < 1.29 is 36.7 Å². The van der Waals surface area contributed by atoms with Gasteiger partial charge < -0.3 is 24.1 Å². The lowest BCUT2D eigenvalue weighted by atomic mass is 9.95. The minimum Gasteiger partial charge on any atom is -0.484 e. The number of carbonyl (C=O) groups excluding carboxylic acids is 2. The van der Waals surface area contributed by atoms with Crippen molar-refractivity contribution in [1.82, 2.24) is 20.1 Å². The highest BCUT2D eigenvalue weighted by atomic mass is 19.4. The predicted molar refractivity (Wildman–Crippen MR) is 131 cm³/mol. The van der Waals surface area contributed by atoms with Gasteiger partial charge in [0, 0.05) is 32.2 Å². The Morgan fingerprint density at radius 1 is 0.974 bits per heavy atom. The van der Waals surface area contributed by atoms with Crippen molar-refractivity contribution in [3.63, 3.8) is 0 Å². The largest absolute Gasteiger partial charge is 0.573 e. The summed E-state index contributed by atoms with van der Waals surface area (Å²) in [5, 5.41) is 2.57. The Kier molecular flexibility index (Phi) is 9.48. The molecule has 1 aromatic carbocycles. The molecule has 9 nitrogen and oxygen atoms in total. The van der Waals surface area contributed by atoms with Crippen LogP contribution in [0, 0.1) is 0 Å². The molecule has 12 heteroatoms. The van der Waals surface area contributed by atoms with E-state index in [0.29, 0.717) is 19.1 Å². The molecule has 2 aromatic rings. The molecule has 0 radical (unpaired) electrons. The molecule has 0 bridgehead atoms. The van der Waals surface area contributed by atoms with Crippen molar-refractivity contribution in [2.45, 2.75) is 63.9 Å². The molecular formula is C26H33F3N4O5. The van der Waals surface area contributed by atoms with Gasteiger partial charge in [-0.15, -0.1) is 13.2 Å². The number of halogens is 3. The van der Waals surface area contributed by atoms with Crippen LogP contribution in [0.25, 0.3) is 0 Å². The Bertz CT molecular complexity index is 1040. The molecule has 2 amide bonds. The third-order valence-corrected chi connectivity index (χ3v) is 6.83. The molecule has 1 aromatic heterocycles. The second-order valence-corrected chi connectivity index (χ2v) is 9.54. The van der Waals surface area contributed by atoms with Crippen molar-refractivity contribution in [3.8, 4) is 11.5 Å². The van der Waals surface area contributed by atoms with Crippen molar-refractivity contribution in [2.24, 2.45) is 0 Å². The summed E-state index contributed by atoms with van der Waals surface area (Å²) in [6.07, 6.45) is 5.52. The van der Waals surface area contributed by atoms with E-state index in [0.717, 1.165) is 25.2 Å². The maximum atomic E-state index is 12.9. The lowest BCUT2D eigenvalue weighted by Crippen LogP contribution is -2.52. The predicted octanol–water partition coefficient (Wildman–Crippen LogP) is 4.14. The van der Waals surface area contributed by atoms with E-state index in [9.17, 15) is 22.8 Å². The van der Waals surface area contributed by atoms with Crippen LogP contribution in [0.15, 0.2) is 34.9 Å². The number of carbonyl (C=O) groups is 2. The van der Waals surface area contributed by atoms with Gasteiger partial charge in [0.25, 0.3) is 11.8 Å². The maximum absolute atomic E-state index is 12.9. The fourth-order valence-electron chi connectivity index (χ4n) is 4.85. The molecule has 1 aliphatic carbocycles. The number of alkyl halides is 3. The third kappa shape index (κ3) is 8.37. The standard InChI is InChI=1S/C26H33F3N4O5/c27-26(28,29)38-21-10-8-20(9-11-21)36-18-23(34)30-16-24-31-22(17-37-24)25(35)33-14-12-32(13-15-33)19-6-4-2-1-3-5-7-19/h8-11,17,19H,1-7,12-16,18H2,(H,30,34). The van der Waals surface area contributed by atoms with Crippen LogP contribution >= 0.6 is 0 Å². The van der Waals surface area contributed by atoms with Crippen LogP contribution < -0.4 is 14.8 Å². The molecule has 0 atom stereocenters. The summed E-state index contributed by atoms with van der Waals surface area (Å²) in [7, 11) is 0. The fraction of sp³-hybridized carbons (Fsp3) is 0.577. The van der Waals surface area contributed by atoms with E-state index in [4.69, 9.17) is 9.15 Å². The highest BCUT2D eigenvalue weighted by Gasteiger charge is 2.31. The number of nitrogens with one attached hydrogen (secondary N) is 1. The first kappa shape index (κ1) is 27.7. The summed E-state index contributed by atoms with van der Waals surface area (Å²) in [5.74, 6) is -0.681. The summed E-state index contributed by atoms with van der Waals surface area (Å²) in [6.45, 7) is 2.61. The van der Waals surface area contributed by atoms with Gasteiger partial charge in [0.2, 0.25) is 5.89 Å². The maximum Gasteiger partial charge on any atom is 0.573 e. The summed E-state index contributed by atoms with van der Waals surface area (Å²) in [6, 6.07) is 5.31. The van der Waals surface area contributed by atoms with Crippen molar-refractivity contribution in [3.05, 3.63) is 42.1 Å². The monoisotopic (exact) mass is 538 g/mol. The summed E-state index contributed by atoms with van der Waals surface area (Å²) in [4.78, 5) is 33.5. The smallest absolute Gasteiger partial charge is 0.484 e. The molecule has 1 N–H and O–H groups in total. The van der Waals surface area contributed by atoms with Crippen LogP contribution in [-0.2, 0) is 11.3 Å². The number of ether oxygens (including phenoxy) is 2.